The normalized spacial score (nSPS) is 16.4. The monoisotopic (exact) mass is 514 g/mol. The summed E-state index contributed by atoms with van der Waals surface area (Å²) in [4.78, 5) is 19.7. The van der Waals surface area contributed by atoms with Crippen LogP contribution in [0, 0.1) is 0 Å². The minimum Gasteiger partial charge on any atom is -0.256 e. The maximum Gasteiger partial charge on any atom is 0.207 e. The molecule has 0 saturated heterocycles. The fourth-order valence-corrected chi connectivity index (χ4v) is 7.14. The summed E-state index contributed by atoms with van der Waals surface area (Å²) >= 11 is 0. The average Bonchev–Trinajstić information content (AvgIpc) is 3.36. The molecule has 7 heteroatoms. The number of aromatic nitrogens is 3. The van der Waals surface area contributed by atoms with Crippen LogP contribution < -0.4 is 0 Å². The van der Waals surface area contributed by atoms with Crippen LogP contribution in [0.2, 0.25) is 0 Å². The van der Waals surface area contributed by atoms with Gasteiger partial charge in [-0.15, -0.1) is 0 Å². The molecule has 0 spiro atoms. The molecular weight excluding hydrogens is 492 g/mol. The largest absolute Gasteiger partial charge is 0.256 e. The van der Waals surface area contributed by atoms with Crippen LogP contribution in [0.3, 0.4) is 0 Å². The molecule has 2 aliphatic rings. The topological polar surface area (TPSA) is 85.2 Å². The fraction of sp³-hybridized carbons (Fsp3) is 0.0968. The van der Waals surface area contributed by atoms with Gasteiger partial charge in [-0.05, 0) is 30.2 Å². The van der Waals surface area contributed by atoms with E-state index in [1.54, 1.807) is 18.2 Å². The number of hydrogen-bond acceptors (Lipinski definition) is 6. The average molecular weight is 515 g/mol. The smallest absolute Gasteiger partial charge is 0.207 e. The molecule has 0 saturated carbocycles. The van der Waals surface area contributed by atoms with Crippen LogP contribution in [0.25, 0.3) is 34.2 Å². The Bertz CT molecular complexity index is 1810. The SMILES string of the molecule is CCC1=Nc2cccc3c2C1c1ccc(-c2nc(-c4ccccc4)nc(-c4ccccc4)n2)cc1S3(=O)=O. The van der Waals surface area contributed by atoms with Crippen LogP contribution >= 0.6 is 0 Å². The maximum atomic E-state index is 13.9. The second kappa shape index (κ2) is 8.53. The summed E-state index contributed by atoms with van der Waals surface area (Å²) in [7, 11) is -3.75. The molecule has 0 aliphatic carbocycles. The summed E-state index contributed by atoms with van der Waals surface area (Å²) < 4.78 is 27.7. The molecule has 0 radical (unpaired) electrons. The van der Waals surface area contributed by atoms with Crippen molar-refractivity contribution in [2.45, 2.75) is 29.1 Å². The summed E-state index contributed by atoms with van der Waals surface area (Å²) in [6.45, 7) is 2.06. The minimum absolute atomic E-state index is 0.156. The highest BCUT2D eigenvalue weighted by molar-refractivity contribution is 7.91. The van der Waals surface area contributed by atoms with Crippen molar-refractivity contribution in [3.8, 4) is 34.2 Å². The molecule has 0 bridgehead atoms. The van der Waals surface area contributed by atoms with Crippen molar-refractivity contribution in [3.05, 3.63) is 108 Å². The summed E-state index contributed by atoms with van der Waals surface area (Å²) in [6, 6.07) is 30.3. The molecule has 0 N–H and O–H groups in total. The lowest BCUT2D eigenvalue weighted by atomic mass is 9.86. The Hall–Kier alpha value is -4.49. The highest BCUT2D eigenvalue weighted by atomic mass is 32.2. The second-order valence-corrected chi connectivity index (χ2v) is 11.3. The molecule has 38 heavy (non-hydrogen) atoms. The molecular formula is C31H22N4O2S. The third kappa shape index (κ3) is 3.43. The highest BCUT2D eigenvalue weighted by Gasteiger charge is 2.42. The Morgan fingerprint density at radius 1 is 0.658 bits per heavy atom. The number of aliphatic imine (C=N–C) groups is 1. The Morgan fingerprint density at radius 2 is 1.26 bits per heavy atom. The van der Waals surface area contributed by atoms with Crippen LogP contribution in [0.1, 0.15) is 30.4 Å². The van der Waals surface area contributed by atoms with E-state index in [-0.39, 0.29) is 10.8 Å². The molecule has 3 heterocycles. The van der Waals surface area contributed by atoms with Gasteiger partial charge in [0.15, 0.2) is 17.5 Å². The van der Waals surface area contributed by atoms with Crippen LogP contribution in [0.4, 0.5) is 5.69 Å². The van der Waals surface area contributed by atoms with Gasteiger partial charge in [-0.2, -0.15) is 0 Å². The van der Waals surface area contributed by atoms with Gasteiger partial charge in [0.2, 0.25) is 9.84 Å². The van der Waals surface area contributed by atoms with Crippen molar-refractivity contribution in [3.63, 3.8) is 0 Å². The first-order valence-corrected chi connectivity index (χ1v) is 14.0. The standard InChI is InChI=1S/C31H22N4O2S/c1-2-23-27-22-17-16-21(18-26(22)38(36,37)25-15-9-14-24(32-23)28(25)27)31-34-29(19-10-5-3-6-11-19)33-30(35-31)20-12-7-4-8-13-20/h3-18,27H,2H2,1H3. The van der Waals surface area contributed by atoms with Crippen LogP contribution in [0.5, 0.6) is 0 Å². The Labute approximate surface area is 220 Å². The molecule has 7 rings (SSSR count). The Morgan fingerprint density at radius 3 is 1.87 bits per heavy atom. The van der Waals surface area contributed by atoms with Crippen molar-refractivity contribution in [2.24, 2.45) is 4.99 Å². The van der Waals surface area contributed by atoms with Gasteiger partial charge in [0.25, 0.3) is 0 Å². The van der Waals surface area contributed by atoms with Gasteiger partial charge < -0.3 is 0 Å². The molecule has 1 unspecified atom stereocenters. The van der Waals surface area contributed by atoms with E-state index in [1.165, 1.54) is 0 Å². The first-order valence-electron chi connectivity index (χ1n) is 12.5. The van der Waals surface area contributed by atoms with Gasteiger partial charge in [-0.3, -0.25) is 4.99 Å². The summed E-state index contributed by atoms with van der Waals surface area (Å²) in [5, 5.41) is 0. The molecule has 0 fully saturated rings. The van der Waals surface area contributed by atoms with Gasteiger partial charge in [-0.25, -0.2) is 23.4 Å². The zero-order valence-corrected chi connectivity index (χ0v) is 21.4. The summed E-state index contributed by atoms with van der Waals surface area (Å²) in [6.07, 6.45) is 0.744. The van der Waals surface area contributed by atoms with Crippen molar-refractivity contribution < 1.29 is 8.42 Å². The molecule has 4 aromatic carbocycles. The van der Waals surface area contributed by atoms with Crippen LogP contribution in [-0.4, -0.2) is 29.1 Å². The van der Waals surface area contributed by atoms with Gasteiger partial charge >= 0.3 is 0 Å². The summed E-state index contributed by atoms with van der Waals surface area (Å²) in [5.74, 6) is 1.32. The lowest BCUT2D eigenvalue weighted by molar-refractivity contribution is 0.591. The number of sulfone groups is 1. The lowest BCUT2D eigenvalue weighted by Crippen LogP contribution is -2.21. The molecule has 6 nitrogen and oxygen atoms in total. The quantitative estimate of drug-likeness (QED) is 0.268. The zero-order chi connectivity index (χ0) is 25.9. The third-order valence-corrected chi connectivity index (χ3v) is 9.02. The number of fused-ring (bicyclic) bond motifs is 2. The van der Waals surface area contributed by atoms with Gasteiger partial charge in [0, 0.05) is 28.0 Å². The predicted molar refractivity (Wildman–Crippen MR) is 147 cm³/mol. The molecule has 1 atom stereocenters. The Balaban J connectivity index is 1.44. The van der Waals surface area contributed by atoms with Crippen molar-refractivity contribution in [2.75, 3.05) is 0 Å². The zero-order valence-electron chi connectivity index (χ0n) is 20.5. The number of rotatable bonds is 4. The third-order valence-electron chi connectivity index (χ3n) is 7.15. The van der Waals surface area contributed by atoms with E-state index in [0.29, 0.717) is 27.9 Å². The van der Waals surface area contributed by atoms with E-state index in [9.17, 15) is 8.42 Å². The van der Waals surface area contributed by atoms with E-state index in [4.69, 9.17) is 19.9 Å². The Kier molecular flexibility index (Phi) is 5.09. The molecule has 184 valence electrons. The summed E-state index contributed by atoms with van der Waals surface area (Å²) in [5.41, 5.74) is 5.62. The van der Waals surface area contributed by atoms with Gasteiger partial charge in [-0.1, -0.05) is 85.8 Å². The lowest BCUT2D eigenvalue weighted by Gasteiger charge is -2.26. The predicted octanol–water partition coefficient (Wildman–Crippen LogP) is 6.65. The van der Waals surface area contributed by atoms with E-state index in [0.717, 1.165) is 40.1 Å². The van der Waals surface area contributed by atoms with Crippen LogP contribution in [0.15, 0.2) is 112 Å². The number of benzene rings is 4. The van der Waals surface area contributed by atoms with Crippen molar-refractivity contribution >= 4 is 21.2 Å². The van der Waals surface area contributed by atoms with Crippen molar-refractivity contribution in [1.82, 2.24) is 15.0 Å². The first kappa shape index (κ1) is 22.7. The fourth-order valence-electron chi connectivity index (χ4n) is 5.36. The van der Waals surface area contributed by atoms with Gasteiger partial charge in [0.05, 0.1) is 21.4 Å². The maximum absolute atomic E-state index is 13.9. The molecule has 1 aromatic heterocycles. The van der Waals surface area contributed by atoms with E-state index >= 15 is 0 Å². The van der Waals surface area contributed by atoms with Crippen LogP contribution in [-0.2, 0) is 9.84 Å². The second-order valence-electron chi connectivity index (χ2n) is 9.37. The van der Waals surface area contributed by atoms with Crippen molar-refractivity contribution in [1.29, 1.82) is 0 Å². The number of nitrogens with zero attached hydrogens (tertiary/aromatic N) is 4. The molecule has 0 amide bonds. The minimum atomic E-state index is -3.75. The first-order chi connectivity index (χ1) is 18.5. The van der Waals surface area contributed by atoms with Gasteiger partial charge in [0.1, 0.15) is 0 Å². The molecule has 5 aromatic rings. The highest BCUT2D eigenvalue weighted by Crippen LogP contribution is 2.51. The van der Waals surface area contributed by atoms with E-state index < -0.39 is 9.84 Å². The molecule has 2 aliphatic heterocycles. The van der Waals surface area contributed by atoms with E-state index in [2.05, 4.69) is 6.92 Å². The number of hydrogen-bond donors (Lipinski definition) is 0. The van der Waals surface area contributed by atoms with E-state index in [1.807, 2.05) is 78.9 Å².